The minimum absolute atomic E-state index is 0.0468. The molecule has 0 bridgehead atoms. The molecule has 2 amide bonds. The van der Waals surface area contributed by atoms with E-state index in [9.17, 15) is 23.2 Å². The van der Waals surface area contributed by atoms with Crippen LogP contribution in [0.3, 0.4) is 0 Å². The van der Waals surface area contributed by atoms with Gasteiger partial charge in [-0.25, -0.2) is 18.6 Å². The summed E-state index contributed by atoms with van der Waals surface area (Å²) in [6.45, 7) is 0.586. The zero-order valence-corrected chi connectivity index (χ0v) is 16.0. The van der Waals surface area contributed by atoms with Gasteiger partial charge in [0.2, 0.25) is 5.91 Å². The van der Waals surface area contributed by atoms with Gasteiger partial charge in [0.25, 0.3) is 5.91 Å². The number of nitrogens with zero attached hydrogens (tertiary/aromatic N) is 2. The molecule has 1 fully saturated rings. The molecule has 10 heteroatoms. The summed E-state index contributed by atoms with van der Waals surface area (Å²) in [5.74, 6) is -3.64. The molecule has 1 saturated heterocycles. The van der Waals surface area contributed by atoms with Gasteiger partial charge >= 0.3 is 5.97 Å². The molecule has 158 valence electrons. The molecule has 0 aliphatic carbocycles. The van der Waals surface area contributed by atoms with Crippen molar-refractivity contribution in [3.63, 3.8) is 0 Å². The van der Waals surface area contributed by atoms with E-state index in [-0.39, 0.29) is 11.3 Å². The van der Waals surface area contributed by atoms with Crippen molar-refractivity contribution < 1.29 is 27.9 Å². The van der Waals surface area contributed by atoms with Crippen LogP contribution in [-0.4, -0.2) is 49.0 Å². The predicted octanol–water partition coefficient (Wildman–Crippen LogP) is 1.87. The van der Waals surface area contributed by atoms with E-state index in [2.05, 4.69) is 15.6 Å². The molecule has 2 N–H and O–H groups in total. The molecule has 0 radical (unpaired) electrons. The van der Waals surface area contributed by atoms with Gasteiger partial charge in [0, 0.05) is 31.0 Å². The monoisotopic (exact) mass is 418 g/mol. The molecule has 0 atom stereocenters. The largest absolute Gasteiger partial charge is 0.452 e. The zero-order valence-electron chi connectivity index (χ0n) is 16.0. The molecule has 3 rings (SSSR count). The number of pyridine rings is 1. The Morgan fingerprint density at radius 1 is 1.07 bits per heavy atom. The van der Waals surface area contributed by atoms with E-state index in [4.69, 9.17) is 4.74 Å². The number of halogens is 2. The number of nitrogens with one attached hydrogen (secondary N) is 2. The first-order valence-corrected chi connectivity index (χ1v) is 9.33. The molecular formula is C20H20F2N4O4. The Morgan fingerprint density at radius 2 is 1.83 bits per heavy atom. The number of ether oxygens (including phenoxy) is 1. The third-order valence-electron chi connectivity index (χ3n) is 4.40. The fourth-order valence-corrected chi connectivity index (χ4v) is 2.96. The van der Waals surface area contributed by atoms with Crippen LogP contribution < -0.4 is 15.5 Å². The van der Waals surface area contributed by atoms with E-state index >= 15 is 0 Å². The van der Waals surface area contributed by atoms with Crippen molar-refractivity contribution in [2.24, 2.45) is 0 Å². The molecule has 2 aromatic rings. The van der Waals surface area contributed by atoms with Crippen LogP contribution in [0.15, 0.2) is 36.5 Å². The second kappa shape index (κ2) is 9.77. The molecular weight excluding hydrogens is 398 g/mol. The van der Waals surface area contributed by atoms with Gasteiger partial charge in [-0.05, 0) is 37.1 Å². The van der Waals surface area contributed by atoms with Crippen molar-refractivity contribution in [3.8, 4) is 0 Å². The number of anilines is 2. The minimum Gasteiger partial charge on any atom is -0.452 e. The standard InChI is InChI=1S/C20H20F2N4O4/c21-15-6-5-13(10-16(15)22)25-17(27)11-24-18(28)12-30-20(29)14-4-3-7-23-19(14)26-8-1-2-9-26/h3-7,10H,1-2,8-9,11-12H2,(H,24,28)(H,25,27). The van der Waals surface area contributed by atoms with Crippen LogP contribution in [0.4, 0.5) is 20.3 Å². The van der Waals surface area contributed by atoms with Crippen LogP contribution in [0.25, 0.3) is 0 Å². The number of carbonyl (C=O) groups excluding carboxylic acids is 3. The fraction of sp³-hybridized carbons (Fsp3) is 0.300. The van der Waals surface area contributed by atoms with Crippen molar-refractivity contribution in [2.45, 2.75) is 12.8 Å². The average molecular weight is 418 g/mol. The second-order valence-corrected chi connectivity index (χ2v) is 6.60. The average Bonchev–Trinajstić information content (AvgIpc) is 3.28. The van der Waals surface area contributed by atoms with Crippen molar-refractivity contribution in [1.29, 1.82) is 0 Å². The van der Waals surface area contributed by atoms with Gasteiger partial charge < -0.3 is 20.3 Å². The van der Waals surface area contributed by atoms with Crippen molar-refractivity contribution >= 4 is 29.3 Å². The molecule has 0 saturated carbocycles. The summed E-state index contributed by atoms with van der Waals surface area (Å²) < 4.78 is 31.0. The van der Waals surface area contributed by atoms with Gasteiger partial charge in [-0.3, -0.25) is 9.59 Å². The SMILES string of the molecule is O=C(COC(=O)c1cccnc1N1CCCC1)NCC(=O)Nc1ccc(F)c(F)c1. The Morgan fingerprint density at radius 3 is 2.57 bits per heavy atom. The van der Waals surface area contributed by atoms with Crippen molar-refractivity contribution in [1.82, 2.24) is 10.3 Å². The Balaban J connectivity index is 1.46. The number of aromatic nitrogens is 1. The fourth-order valence-electron chi connectivity index (χ4n) is 2.96. The molecule has 8 nitrogen and oxygen atoms in total. The first-order chi connectivity index (χ1) is 14.4. The summed E-state index contributed by atoms with van der Waals surface area (Å²) in [7, 11) is 0. The molecule has 1 aliphatic rings. The first kappa shape index (κ1) is 21.2. The maximum atomic E-state index is 13.1. The number of hydrogen-bond donors (Lipinski definition) is 2. The summed E-state index contributed by atoms with van der Waals surface area (Å²) >= 11 is 0. The van der Waals surface area contributed by atoms with Gasteiger partial charge in [0.05, 0.1) is 6.54 Å². The molecule has 30 heavy (non-hydrogen) atoms. The summed E-state index contributed by atoms with van der Waals surface area (Å²) in [6.07, 6.45) is 3.61. The van der Waals surface area contributed by atoms with Crippen LogP contribution in [0.5, 0.6) is 0 Å². The van der Waals surface area contributed by atoms with Crippen LogP contribution in [0, 0.1) is 11.6 Å². The minimum atomic E-state index is -1.10. The van der Waals surface area contributed by atoms with E-state index in [1.165, 1.54) is 6.07 Å². The van der Waals surface area contributed by atoms with E-state index < -0.39 is 42.6 Å². The van der Waals surface area contributed by atoms with Gasteiger partial charge in [0.1, 0.15) is 11.4 Å². The van der Waals surface area contributed by atoms with Gasteiger partial charge in [-0.2, -0.15) is 0 Å². The highest BCUT2D eigenvalue weighted by atomic mass is 19.2. The summed E-state index contributed by atoms with van der Waals surface area (Å²) in [5, 5.41) is 4.60. The van der Waals surface area contributed by atoms with Crippen molar-refractivity contribution in [2.75, 3.05) is 36.5 Å². The summed E-state index contributed by atoms with van der Waals surface area (Å²) in [5.41, 5.74) is 0.314. The highest BCUT2D eigenvalue weighted by molar-refractivity contribution is 5.97. The Kier molecular flexibility index (Phi) is 6.89. The van der Waals surface area contributed by atoms with Crippen molar-refractivity contribution in [3.05, 3.63) is 53.7 Å². The molecule has 1 aromatic heterocycles. The predicted molar refractivity (Wildman–Crippen MR) is 104 cm³/mol. The Labute approximate surface area is 171 Å². The number of rotatable bonds is 7. The van der Waals surface area contributed by atoms with E-state index in [0.29, 0.717) is 5.82 Å². The van der Waals surface area contributed by atoms with Crippen LogP contribution in [-0.2, 0) is 14.3 Å². The van der Waals surface area contributed by atoms with Gasteiger partial charge in [0.15, 0.2) is 18.2 Å². The lowest BCUT2D eigenvalue weighted by Crippen LogP contribution is -2.35. The Hall–Kier alpha value is -3.56. The smallest absolute Gasteiger partial charge is 0.342 e. The van der Waals surface area contributed by atoms with E-state index in [0.717, 1.165) is 38.1 Å². The van der Waals surface area contributed by atoms with Gasteiger partial charge in [-0.15, -0.1) is 0 Å². The molecule has 1 aliphatic heterocycles. The van der Waals surface area contributed by atoms with Crippen LogP contribution in [0.2, 0.25) is 0 Å². The topological polar surface area (TPSA) is 101 Å². The summed E-state index contributed by atoms with van der Waals surface area (Å²) in [4.78, 5) is 42.3. The van der Waals surface area contributed by atoms with Crippen LogP contribution in [0.1, 0.15) is 23.2 Å². The third kappa shape index (κ3) is 5.49. The molecule has 1 aromatic carbocycles. The van der Waals surface area contributed by atoms with Gasteiger partial charge in [-0.1, -0.05) is 0 Å². The molecule has 2 heterocycles. The highest BCUT2D eigenvalue weighted by Gasteiger charge is 2.22. The number of carbonyl (C=O) groups is 3. The third-order valence-corrected chi connectivity index (χ3v) is 4.40. The lowest BCUT2D eigenvalue weighted by molar-refractivity contribution is -0.126. The Bertz CT molecular complexity index is 948. The number of hydrogen-bond acceptors (Lipinski definition) is 6. The zero-order chi connectivity index (χ0) is 21.5. The lowest BCUT2D eigenvalue weighted by atomic mass is 10.2. The summed E-state index contributed by atoms with van der Waals surface area (Å²) in [6, 6.07) is 6.07. The number of benzene rings is 1. The second-order valence-electron chi connectivity index (χ2n) is 6.60. The molecule has 0 spiro atoms. The number of esters is 1. The quantitative estimate of drug-likeness (QED) is 0.666. The molecule has 0 unspecified atom stereocenters. The highest BCUT2D eigenvalue weighted by Crippen LogP contribution is 2.22. The first-order valence-electron chi connectivity index (χ1n) is 9.33. The maximum Gasteiger partial charge on any atom is 0.342 e. The van der Waals surface area contributed by atoms with Crippen LogP contribution >= 0.6 is 0 Å². The maximum absolute atomic E-state index is 13.1. The normalized spacial score (nSPS) is 13.1. The lowest BCUT2D eigenvalue weighted by Gasteiger charge is -2.18. The number of amides is 2. The van der Waals surface area contributed by atoms with E-state index in [1.54, 1.807) is 18.3 Å². The van der Waals surface area contributed by atoms with E-state index in [1.807, 2.05) is 4.90 Å².